The minimum Gasteiger partial charge on any atom is -0.478 e. The van der Waals surface area contributed by atoms with E-state index in [1.165, 1.54) is 18.4 Å². The van der Waals surface area contributed by atoms with Crippen LogP contribution in [0.1, 0.15) is 42.5 Å². The Kier molecular flexibility index (Phi) is 6.25. The molecule has 3 aromatic carbocycles. The SMILES string of the molecule is Nc1cc(-c2nc3cc(C(=O)O)ccc3n2CCC2=CCCCC2)ccc1-n1cnc(-c2ccccc2)c1. The zero-order chi connectivity index (χ0) is 26.1. The predicted molar refractivity (Wildman–Crippen MR) is 150 cm³/mol. The molecule has 38 heavy (non-hydrogen) atoms. The molecule has 0 saturated heterocycles. The predicted octanol–water partition coefficient (Wildman–Crippen LogP) is 6.73. The third-order valence-electron chi connectivity index (χ3n) is 7.25. The summed E-state index contributed by atoms with van der Waals surface area (Å²) in [6, 6.07) is 21.1. The number of benzene rings is 3. The van der Waals surface area contributed by atoms with Crippen molar-refractivity contribution >= 4 is 22.7 Å². The molecule has 0 spiro atoms. The number of aromatic carboxylic acids is 1. The highest BCUT2D eigenvalue weighted by molar-refractivity contribution is 5.93. The van der Waals surface area contributed by atoms with Crippen LogP contribution in [0, 0.1) is 0 Å². The first-order valence-electron chi connectivity index (χ1n) is 13.0. The normalized spacial score (nSPS) is 13.5. The minimum atomic E-state index is -0.959. The summed E-state index contributed by atoms with van der Waals surface area (Å²) in [5.74, 6) is -0.174. The smallest absolute Gasteiger partial charge is 0.335 e. The van der Waals surface area contributed by atoms with E-state index in [4.69, 9.17) is 10.7 Å². The summed E-state index contributed by atoms with van der Waals surface area (Å²) >= 11 is 0. The fraction of sp³-hybridized carbons (Fsp3) is 0.194. The summed E-state index contributed by atoms with van der Waals surface area (Å²) in [7, 11) is 0. The lowest BCUT2D eigenvalue weighted by Crippen LogP contribution is -2.05. The van der Waals surface area contributed by atoms with Gasteiger partial charge in [0.1, 0.15) is 5.82 Å². The van der Waals surface area contributed by atoms with E-state index in [-0.39, 0.29) is 5.56 Å². The van der Waals surface area contributed by atoms with Gasteiger partial charge in [-0.3, -0.25) is 0 Å². The first kappa shape index (κ1) is 23.7. The van der Waals surface area contributed by atoms with Crippen molar-refractivity contribution in [3.63, 3.8) is 0 Å². The number of anilines is 1. The topological polar surface area (TPSA) is 99.0 Å². The molecule has 0 fully saturated rings. The summed E-state index contributed by atoms with van der Waals surface area (Å²) in [6.07, 6.45) is 11.8. The number of fused-ring (bicyclic) bond motifs is 1. The van der Waals surface area contributed by atoms with Gasteiger partial charge in [0.2, 0.25) is 0 Å². The van der Waals surface area contributed by atoms with E-state index in [2.05, 4.69) is 15.6 Å². The summed E-state index contributed by atoms with van der Waals surface area (Å²) in [4.78, 5) is 21.0. The van der Waals surface area contributed by atoms with Gasteiger partial charge in [0.25, 0.3) is 0 Å². The Hall–Kier alpha value is -4.65. The standard InChI is InChI=1S/C31H29N5O2/c32-25-17-23(11-13-28(25)35-19-27(33-20-35)22-9-5-2-6-10-22)30-34-26-18-24(31(37)38)12-14-29(26)36(30)16-15-21-7-3-1-4-8-21/h2,5-7,9-14,17-20H,1,3-4,8,15-16,32H2,(H,37,38). The largest absolute Gasteiger partial charge is 0.478 e. The molecule has 3 N–H and O–H groups in total. The lowest BCUT2D eigenvalue weighted by atomic mass is 9.97. The van der Waals surface area contributed by atoms with Crippen molar-refractivity contribution in [1.29, 1.82) is 0 Å². The maximum atomic E-state index is 11.6. The summed E-state index contributed by atoms with van der Waals surface area (Å²) in [6.45, 7) is 0.772. The number of hydrogen-bond donors (Lipinski definition) is 2. The van der Waals surface area contributed by atoms with Gasteiger partial charge < -0.3 is 20.0 Å². The van der Waals surface area contributed by atoms with Gasteiger partial charge in [0.15, 0.2) is 0 Å². The van der Waals surface area contributed by atoms with Crippen molar-refractivity contribution in [3.8, 4) is 28.3 Å². The van der Waals surface area contributed by atoms with Gasteiger partial charge in [-0.15, -0.1) is 0 Å². The molecule has 0 atom stereocenters. The highest BCUT2D eigenvalue weighted by atomic mass is 16.4. The molecule has 0 aliphatic heterocycles. The molecule has 7 nitrogen and oxygen atoms in total. The molecule has 2 aromatic heterocycles. The van der Waals surface area contributed by atoms with E-state index < -0.39 is 5.97 Å². The second kappa shape index (κ2) is 10.0. The number of rotatable bonds is 7. The van der Waals surface area contributed by atoms with Crippen molar-refractivity contribution in [1.82, 2.24) is 19.1 Å². The van der Waals surface area contributed by atoms with Crippen LogP contribution >= 0.6 is 0 Å². The lowest BCUT2D eigenvalue weighted by molar-refractivity contribution is 0.0697. The number of carboxylic acid groups (broad SMARTS) is 1. The van der Waals surface area contributed by atoms with E-state index in [1.54, 1.807) is 18.5 Å². The molecule has 0 radical (unpaired) electrons. The van der Waals surface area contributed by atoms with Gasteiger partial charge in [0, 0.05) is 23.9 Å². The summed E-state index contributed by atoms with van der Waals surface area (Å²) in [5.41, 5.74) is 14.1. The maximum Gasteiger partial charge on any atom is 0.335 e. The monoisotopic (exact) mass is 503 g/mol. The van der Waals surface area contributed by atoms with E-state index in [9.17, 15) is 9.90 Å². The van der Waals surface area contributed by atoms with Gasteiger partial charge in [-0.1, -0.05) is 42.0 Å². The Bertz CT molecular complexity index is 1660. The van der Waals surface area contributed by atoms with Gasteiger partial charge in [-0.2, -0.15) is 0 Å². The molecule has 0 bridgehead atoms. The molecule has 6 rings (SSSR count). The zero-order valence-electron chi connectivity index (χ0n) is 21.0. The molecule has 1 aliphatic carbocycles. The van der Waals surface area contributed by atoms with Gasteiger partial charge in [-0.05, 0) is 68.5 Å². The van der Waals surface area contributed by atoms with Crippen LogP contribution in [0.25, 0.3) is 39.4 Å². The van der Waals surface area contributed by atoms with Crippen LogP contribution < -0.4 is 5.73 Å². The maximum absolute atomic E-state index is 11.6. The zero-order valence-corrected chi connectivity index (χ0v) is 21.0. The van der Waals surface area contributed by atoms with E-state index in [0.717, 1.165) is 59.7 Å². The van der Waals surface area contributed by atoms with Crippen LogP contribution in [0.3, 0.4) is 0 Å². The highest BCUT2D eigenvalue weighted by Gasteiger charge is 2.17. The van der Waals surface area contributed by atoms with Crippen molar-refractivity contribution in [3.05, 3.63) is 96.5 Å². The van der Waals surface area contributed by atoms with E-state index in [1.807, 2.05) is 65.4 Å². The fourth-order valence-corrected chi connectivity index (χ4v) is 5.24. The first-order valence-corrected chi connectivity index (χ1v) is 13.0. The Morgan fingerprint density at radius 1 is 1.00 bits per heavy atom. The second-order valence-corrected chi connectivity index (χ2v) is 9.76. The van der Waals surface area contributed by atoms with Crippen LogP contribution in [0.2, 0.25) is 0 Å². The van der Waals surface area contributed by atoms with Crippen molar-refractivity contribution in [2.45, 2.75) is 38.6 Å². The number of nitrogens with two attached hydrogens (primary N) is 1. The quantitative estimate of drug-likeness (QED) is 0.190. The summed E-state index contributed by atoms with van der Waals surface area (Å²) < 4.78 is 4.12. The highest BCUT2D eigenvalue weighted by Crippen LogP contribution is 2.31. The molecule has 2 heterocycles. The average Bonchev–Trinajstić information content (AvgIpc) is 3.58. The first-order chi connectivity index (χ1) is 18.6. The van der Waals surface area contributed by atoms with Crippen LogP contribution in [-0.4, -0.2) is 30.2 Å². The number of nitrogen functional groups attached to an aromatic ring is 1. The Balaban J connectivity index is 1.37. The second-order valence-electron chi connectivity index (χ2n) is 9.76. The molecule has 190 valence electrons. The lowest BCUT2D eigenvalue weighted by Gasteiger charge is -2.15. The third-order valence-corrected chi connectivity index (χ3v) is 7.25. The van der Waals surface area contributed by atoms with Gasteiger partial charge in [0.05, 0.1) is 40.0 Å². The Labute approximate surface area is 220 Å². The number of hydrogen-bond acceptors (Lipinski definition) is 4. The van der Waals surface area contributed by atoms with Crippen molar-refractivity contribution in [2.75, 3.05) is 5.73 Å². The molecule has 5 aromatic rings. The van der Waals surface area contributed by atoms with E-state index >= 15 is 0 Å². The Morgan fingerprint density at radius 2 is 1.87 bits per heavy atom. The molecular formula is C31H29N5O2. The molecular weight excluding hydrogens is 474 g/mol. The van der Waals surface area contributed by atoms with Crippen LogP contribution in [0.4, 0.5) is 5.69 Å². The minimum absolute atomic E-state index is 0.230. The van der Waals surface area contributed by atoms with Crippen molar-refractivity contribution < 1.29 is 9.90 Å². The number of imidazole rings is 2. The van der Waals surface area contributed by atoms with E-state index in [0.29, 0.717) is 11.2 Å². The third kappa shape index (κ3) is 4.59. The molecule has 0 saturated carbocycles. The van der Waals surface area contributed by atoms with Gasteiger partial charge >= 0.3 is 5.97 Å². The van der Waals surface area contributed by atoms with Crippen LogP contribution in [0.5, 0.6) is 0 Å². The van der Waals surface area contributed by atoms with Crippen LogP contribution in [-0.2, 0) is 6.54 Å². The molecule has 7 heteroatoms. The number of nitrogens with zero attached hydrogens (tertiary/aromatic N) is 4. The molecule has 0 unspecified atom stereocenters. The van der Waals surface area contributed by atoms with Gasteiger partial charge in [-0.25, -0.2) is 14.8 Å². The number of aromatic nitrogens is 4. The van der Waals surface area contributed by atoms with Crippen molar-refractivity contribution in [2.24, 2.45) is 0 Å². The molecule has 1 aliphatic rings. The fourth-order valence-electron chi connectivity index (χ4n) is 5.24. The Morgan fingerprint density at radius 3 is 2.63 bits per heavy atom. The average molecular weight is 504 g/mol. The van der Waals surface area contributed by atoms with Crippen LogP contribution in [0.15, 0.2) is 90.9 Å². The number of allylic oxidation sites excluding steroid dienone is 2. The number of aryl methyl sites for hydroxylation is 1. The number of carbonyl (C=O) groups is 1. The molecule has 0 amide bonds. The summed E-state index contributed by atoms with van der Waals surface area (Å²) in [5, 5.41) is 9.49. The number of carboxylic acids is 1.